The first-order valence-corrected chi connectivity index (χ1v) is 2.16. The van der Waals surface area contributed by atoms with Crippen molar-refractivity contribution in [1.82, 2.24) is 9.78 Å². The Balaban J connectivity index is 0.000000810. The molecule has 1 aromatic rings. The lowest BCUT2D eigenvalue weighted by molar-refractivity contribution is 0.436. The van der Waals surface area contributed by atoms with Crippen molar-refractivity contribution < 1.29 is 13.2 Å². The molecule has 2 nitrogen and oxygen atoms in total. The van der Waals surface area contributed by atoms with Crippen molar-refractivity contribution in [1.29, 1.82) is 0 Å². The predicted molar refractivity (Wildman–Crippen MR) is 30.3 cm³/mol. The van der Waals surface area contributed by atoms with E-state index in [4.69, 9.17) is 0 Å². The van der Waals surface area contributed by atoms with Crippen LogP contribution in [0, 0.1) is 17.7 Å². The molecule has 6 heteroatoms. The van der Waals surface area contributed by atoms with Gasteiger partial charge in [0.2, 0.25) is 5.82 Å². The number of hydrogen-bond acceptors (Lipinski definition) is 1. The standard InChI is InChI=1S/C4H3F3N2.ClH/c1-9-4(7)2(5)3(6)8-9;/h1H3;1H. The van der Waals surface area contributed by atoms with Crippen LogP contribution in [0.4, 0.5) is 13.2 Å². The Morgan fingerprint density at radius 2 is 1.80 bits per heavy atom. The summed E-state index contributed by atoms with van der Waals surface area (Å²) in [5.74, 6) is -4.22. The molecule has 0 saturated heterocycles. The third-order valence-electron chi connectivity index (χ3n) is 0.884. The highest BCUT2D eigenvalue weighted by Crippen LogP contribution is 2.06. The topological polar surface area (TPSA) is 17.8 Å². The van der Waals surface area contributed by atoms with Gasteiger partial charge < -0.3 is 0 Å². The van der Waals surface area contributed by atoms with Gasteiger partial charge in [0.05, 0.1) is 0 Å². The Hall–Kier alpha value is -0.710. The lowest BCUT2D eigenvalue weighted by Crippen LogP contribution is -1.93. The Bertz CT molecular complexity index is 212. The number of aryl methyl sites for hydroxylation is 1. The Morgan fingerprint density at radius 3 is 1.90 bits per heavy atom. The Kier molecular flexibility index (Phi) is 2.71. The molecule has 0 amide bonds. The zero-order chi connectivity index (χ0) is 7.02. The average molecular weight is 173 g/mol. The first kappa shape index (κ1) is 9.29. The van der Waals surface area contributed by atoms with Crippen LogP contribution in [0.1, 0.15) is 0 Å². The second-order valence-corrected chi connectivity index (χ2v) is 1.52. The molecule has 10 heavy (non-hydrogen) atoms. The molecule has 0 aromatic carbocycles. The van der Waals surface area contributed by atoms with Gasteiger partial charge in [-0.15, -0.1) is 17.5 Å². The summed E-state index contributed by atoms with van der Waals surface area (Å²) in [6, 6.07) is 0. The van der Waals surface area contributed by atoms with Gasteiger partial charge in [-0.3, -0.25) is 0 Å². The van der Waals surface area contributed by atoms with E-state index < -0.39 is 17.7 Å². The van der Waals surface area contributed by atoms with E-state index in [1.165, 1.54) is 0 Å². The van der Waals surface area contributed by atoms with Crippen molar-refractivity contribution in [2.75, 3.05) is 0 Å². The maximum Gasteiger partial charge on any atom is 0.271 e. The zero-order valence-electron chi connectivity index (χ0n) is 4.94. The molecule has 1 aromatic heterocycles. The van der Waals surface area contributed by atoms with Crippen LogP contribution in [-0.4, -0.2) is 9.78 Å². The van der Waals surface area contributed by atoms with E-state index in [0.717, 1.165) is 7.05 Å². The predicted octanol–water partition coefficient (Wildman–Crippen LogP) is 1.26. The highest BCUT2D eigenvalue weighted by atomic mass is 35.5. The zero-order valence-corrected chi connectivity index (χ0v) is 5.75. The number of rotatable bonds is 0. The van der Waals surface area contributed by atoms with Crippen LogP contribution in [-0.2, 0) is 7.05 Å². The summed E-state index contributed by atoms with van der Waals surface area (Å²) < 4.78 is 36.3. The van der Waals surface area contributed by atoms with E-state index in [-0.39, 0.29) is 12.4 Å². The van der Waals surface area contributed by atoms with Crippen molar-refractivity contribution in [3.8, 4) is 0 Å². The van der Waals surface area contributed by atoms with Gasteiger partial charge in [-0.1, -0.05) is 0 Å². The molecule has 1 rings (SSSR count). The van der Waals surface area contributed by atoms with Crippen molar-refractivity contribution in [2.45, 2.75) is 0 Å². The SMILES string of the molecule is Cl.Cn1nc(F)c(F)c1F. The first-order chi connectivity index (χ1) is 4.13. The molecule has 0 aliphatic rings. The Labute approximate surface area is 61.1 Å². The van der Waals surface area contributed by atoms with Gasteiger partial charge in [0.1, 0.15) is 0 Å². The fraction of sp³-hybridized carbons (Fsp3) is 0.250. The third kappa shape index (κ3) is 1.23. The molecular formula is C4H4ClF3N2. The number of nitrogens with zero attached hydrogens (tertiary/aromatic N) is 2. The van der Waals surface area contributed by atoms with Crippen LogP contribution >= 0.6 is 12.4 Å². The molecule has 0 saturated carbocycles. The second kappa shape index (κ2) is 2.92. The summed E-state index contributed by atoms with van der Waals surface area (Å²) in [6.45, 7) is 0. The van der Waals surface area contributed by atoms with Crippen molar-refractivity contribution in [3.05, 3.63) is 17.7 Å². The van der Waals surface area contributed by atoms with Gasteiger partial charge in [-0.2, -0.15) is 13.2 Å². The van der Waals surface area contributed by atoms with Gasteiger partial charge >= 0.3 is 0 Å². The minimum Gasteiger partial charge on any atom is -0.237 e. The maximum absolute atomic E-state index is 12.0. The maximum atomic E-state index is 12.0. The molecule has 0 radical (unpaired) electrons. The van der Waals surface area contributed by atoms with Gasteiger partial charge in [0.25, 0.3) is 11.9 Å². The molecule has 0 aliphatic heterocycles. The smallest absolute Gasteiger partial charge is 0.237 e. The Morgan fingerprint density at radius 1 is 1.30 bits per heavy atom. The van der Waals surface area contributed by atoms with Gasteiger partial charge in [0, 0.05) is 7.05 Å². The lowest BCUT2D eigenvalue weighted by Gasteiger charge is -1.83. The quantitative estimate of drug-likeness (QED) is 0.576. The minimum atomic E-state index is -1.53. The minimum absolute atomic E-state index is 0. The van der Waals surface area contributed by atoms with Crippen LogP contribution in [0.5, 0.6) is 0 Å². The summed E-state index contributed by atoms with van der Waals surface area (Å²) in [7, 11) is 1.11. The monoisotopic (exact) mass is 172 g/mol. The van der Waals surface area contributed by atoms with Gasteiger partial charge in [0.15, 0.2) is 0 Å². The molecule has 0 N–H and O–H groups in total. The average Bonchev–Trinajstić information content (AvgIpc) is 1.98. The van der Waals surface area contributed by atoms with Crippen molar-refractivity contribution >= 4 is 12.4 Å². The lowest BCUT2D eigenvalue weighted by atomic mass is 10.6. The van der Waals surface area contributed by atoms with E-state index >= 15 is 0 Å². The van der Waals surface area contributed by atoms with E-state index in [0.29, 0.717) is 4.68 Å². The van der Waals surface area contributed by atoms with Crippen molar-refractivity contribution in [2.24, 2.45) is 7.05 Å². The third-order valence-corrected chi connectivity index (χ3v) is 0.884. The van der Waals surface area contributed by atoms with E-state index in [9.17, 15) is 13.2 Å². The van der Waals surface area contributed by atoms with Gasteiger partial charge in [-0.25, -0.2) is 4.68 Å². The van der Waals surface area contributed by atoms with Crippen molar-refractivity contribution in [3.63, 3.8) is 0 Å². The summed E-state index contributed by atoms with van der Waals surface area (Å²) in [5, 5.41) is 2.81. The van der Waals surface area contributed by atoms with Crippen LogP contribution in [0.15, 0.2) is 0 Å². The summed E-state index contributed by atoms with van der Waals surface area (Å²) in [4.78, 5) is 0. The molecule has 0 bridgehead atoms. The molecule has 0 spiro atoms. The second-order valence-electron chi connectivity index (χ2n) is 1.52. The molecular weight excluding hydrogens is 169 g/mol. The molecule has 58 valence electrons. The largest absolute Gasteiger partial charge is 0.271 e. The number of aromatic nitrogens is 2. The van der Waals surface area contributed by atoms with Crippen LogP contribution in [0.2, 0.25) is 0 Å². The highest BCUT2D eigenvalue weighted by molar-refractivity contribution is 5.85. The normalized spacial score (nSPS) is 9.20. The summed E-state index contributed by atoms with van der Waals surface area (Å²) in [5.41, 5.74) is 0. The molecule has 1 heterocycles. The first-order valence-electron chi connectivity index (χ1n) is 2.16. The molecule has 0 unspecified atom stereocenters. The van der Waals surface area contributed by atoms with E-state index in [1.807, 2.05) is 0 Å². The molecule has 0 fully saturated rings. The highest BCUT2D eigenvalue weighted by Gasteiger charge is 2.14. The van der Waals surface area contributed by atoms with E-state index in [1.54, 1.807) is 0 Å². The molecule has 0 atom stereocenters. The van der Waals surface area contributed by atoms with Crippen LogP contribution in [0.25, 0.3) is 0 Å². The number of hydrogen-bond donors (Lipinski definition) is 0. The van der Waals surface area contributed by atoms with E-state index in [2.05, 4.69) is 5.10 Å². The summed E-state index contributed by atoms with van der Waals surface area (Å²) in [6.07, 6.45) is 0. The van der Waals surface area contributed by atoms with Crippen LogP contribution < -0.4 is 0 Å². The molecule has 0 aliphatic carbocycles. The van der Waals surface area contributed by atoms with Crippen LogP contribution in [0.3, 0.4) is 0 Å². The fourth-order valence-electron chi connectivity index (χ4n) is 0.447. The fourth-order valence-corrected chi connectivity index (χ4v) is 0.447. The number of halogens is 4. The van der Waals surface area contributed by atoms with Gasteiger partial charge in [-0.05, 0) is 0 Å². The summed E-state index contributed by atoms with van der Waals surface area (Å²) >= 11 is 0.